The summed E-state index contributed by atoms with van der Waals surface area (Å²) in [5.41, 5.74) is 12.7. The fourth-order valence-electron chi connectivity index (χ4n) is 5.27. The van der Waals surface area contributed by atoms with Crippen molar-refractivity contribution < 1.29 is 13.4 Å². The molecular formula is C36H56NNi. The van der Waals surface area contributed by atoms with Gasteiger partial charge in [0.25, 0.3) is 0 Å². The molecule has 0 bridgehead atoms. The van der Waals surface area contributed by atoms with Crippen LogP contribution in [0.2, 0.25) is 10.8 Å². The predicted octanol–water partition coefficient (Wildman–Crippen LogP) is 11.7. The minimum absolute atomic E-state index is 0.0563. The zero-order valence-corrected chi connectivity index (χ0v) is 27.1. The van der Waals surface area contributed by atoms with Gasteiger partial charge in [-0.2, -0.15) is 0 Å². The Morgan fingerprint density at radius 2 is 1.32 bits per heavy atom. The molecule has 0 saturated heterocycles. The van der Waals surface area contributed by atoms with Crippen LogP contribution in [0, 0.1) is 13.8 Å². The van der Waals surface area contributed by atoms with Crippen molar-refractivity contribution in [2.24, 2.45) is 4.99 Å². The third-order valence-electron chi connectivity index (χ3n) is 7.62. The van der Waals surface area contributed by atoms with Crippen LogP contribution in [0.1, 0.15) is 127 Å². The van der Waals surface area contributed by atoms with Crippen LogP contribution in [0.5, 0.6) is 0 Å². The SMILES string of the molecule is CCCCc1cc([C](=C(C)C(CC)=Nc2cc(C)c(CCCC)c(CCCC)c2)[Ni]([CH2]C)[CH2]C)ccc1C. The summed E-state index contributed by atoms with van der Waals surface area (Å²) in [5.74, 6) is 0. The van der Waals surface area contributed by atoms with Crippen molar-refractivity contribution in [2.75, 3.05) is 0 Å². The first-order chi connectivity index (χ1) is 18.3. The Morgan fingerprint density at radius 3 is 1.89 bits per heavy atom. The average molecular weight is 562 g/mol. The molecule has 0 unspecified atom stereocenters. The minimum atomic E-state index is 0.0563. The van der Waals surface area contributed by atoms with Gasteiger partial charge >= 0.3 is 241 Å². The first-order valence-electron chi connectivity index (χ1n) is 15.4. The molecule has 215 valence electrons. The van der Waals surface area contributed by atoms with E-state index in [1.807, 2.05) is 0 Å². The van der Waals surface area contributed by atoms with E-state index in [-0.39, 0.29) is 13.4 Å². The maximum absolute atomic E-state index is 5.38. The normalized spacial score (nSPS) is 13.1. The number of aliphatic imine (C=N–C) groups is 1. The average Bonchev–Trinajstić information content (AvgIpc) is 2.92. The quantitative estimate of drug-likeness (QED) is 0.143. The number of aryl methyl sites for hydroxylation is 4. The van der Waals surface area contributed by atoms with E-state index in [9.17, 15) is 0 Å². The standard InChI is InChI=1S/C32H46N.2C2H5.Ni/c1-8-12-15-28-22-27(19-18-24(28)5)20-26(7)32(11-4)33-30-21-25(6)31(17-14-10-3)29(23-30)16-13-9-2;2*1-2;/h18-19,21-23H,8-17H2,1-7H3;2*1H2,2H3;. The van der Waals surface area contributed by atoms with Gasteiger partial charge in [0.2, 0.25) is 0 Å². The van der Waals surface area contributed by atoms with Gasteiger partial charge in [0.1, 0.15) is 0 Å². The van der Waals surface area contributed by atoms with Crippen molar-refractivity contribution in [1.29, 1.82) is 0 Å². The van der Waals surface area contributed by atoms with E-state index in [1.54, 1.807) is 10.1 Å². The van der Waals surface area contributed by atoms with Gasteiger partial charge in [0, 0.05) is 0 Å². The molecule has 0 N–H and O–H groups in total. The molecule has 0 aromatic heterocycles. The number of unbranched alkanes of at least 4 members (excludes halogenated alkanes) is 3. The van der Waals surface area contributed by atoms with Gasteiger partial charge in [-0.05, 0) is 0 Å². The van der Waals surface area contributed by atoms with Gasteiger partial charge in [-0.3, -0.25) is 0 Å². The number of benzene rings is 2. The number of hydrogen-bond donors (Lipinski definition) is 0. The van der Waals surface area contributed by atoms with Crippen LogP contribution in [-0.4, -0.2) is 5.71 Å². The van der Waals surface area contributed by atoms with E-state index in [0.717, 1.165) is 12.1 Å². The second-order valence-corrected chi connectivity index (χ2v) is 13.6. The van der Waals surface area contributed by atoms with Crippen molar-refractivity contribution in [3.8, 4) is 0 Å². The Bertz CT molecular complexity index is 1070. The van der Waals surface area contributed by atoms with Crippen molar-refractivity contribution >= 4 is 15.9 Å². The number of allylic oxidation sites excluding steroid dienone is 1. The van der Waals surface area contributed by atoms with Gasteiger partial charge in [0.05, 0.1) is 0 Å². The second kappa shape index (κ2) is 17.1. The molecule has 0 radical (unpaired) electrons. The zero-order valence-electron chi connectivity index (χ0n) is 26.1. The molecule has 0 fully saturated rings. The van der Waals surface area contributed by atoms with Crippen LogP contribution in [0.25, 0.3) is 4.54 Å². The molecule has 0 heterocycles. The van der Waals surface area contributed by atoms with Crippen LogP contribution in [0.15, 0.2) is 40.9 Å². The molecule has 38 heavy (non-hydrogen) atoms. The van der Waals surface area contributed by atoms with Crippen LogP contribution in [0.3, 0.4) is 0 Å². The molecule has 0 amide bonds. The fourth-order valence-corrected chi connectivity index (χ4v) is 7.68. The van der Waals surface area contributed by atoms with E-state index >= 15 is 0 Å². The van der Waals surface area contributed by atoms with E-state index in [1.165, 1.54) is 108 Å². The van der Waals surface area contributed by atoms with Gasteiger partial charge < -0.3 is 0 Å². The molecule has 2 rings (SSSR count). The number of hydrogen-bond acceptors (Lipinski definition) is 1. The first-order valence-corrected chi connectivity index (χ1v) is 17.2. The summed E-state index contributed by atoms with van der Waals surface area (Å²) in [5, 5.41) is 2.40. The van der Waals surface area contributed by atoms with Crippen LogP contribution in [-0.2, 0) is 32.7 Å². The summed E-state index contributed by atoms with van der Waals surface area (Å²) in [6.45, 7) is 20.8. The molecule has 0 spiro atoms. The Labute approximate surface area is 240 Å². The molecule has 0 aliphatic heterocycles. The van der Waals surface area contributed by atoms with E-state index < -0.39 is 0 Å². The van der Waals surface area contributed by atoms with Crippen LogP contribution < -0.4 is 0 Å². The summed E-state index contributed by atoms with van der Waals surface area (Å²) in [6.07, 6.45) is 12.0. The molecule has 0 aliphatic rings. The van der Waals surface area contributed by atoms with Crippen LogP contribution >= 0.6 is 0 Å². The van der Waals surface area contributed by atoms with Crippen molar-refractivity contribution in [3.05, 3.63) is 69.3 Å². The third-order valence-corrected chi connectivity index (χ3v) is 10.7. The summed E-state index contributed by atoms with van der Waals surface area (Å²) < 4.78 is 1.55. The van der Waals surface area contributed by atoms with Crippen molar-refractivity contribution in [2.45, 2.75) is 137 Å². The van der Waals surface area contributed by atoms with E-state index in [2.05, 4.69) is 92.6 Å². The predicted molar refractivity (Wildman–Crippen MR) is 169 cm³/mol. The van der Waals surface area contributed by atoms with E-state index in [0.29, 0.717) is 0 Å². The van der Waals surface area contributed by atoms with Crippen molar-refractivity contribution in [1.82, 2.24) is 0 Å². The molecular weight excluding hydrogens is 505 g/mol. The summed E-state index contributed by atoms with van der Waals surface area (Å²) in [6, 6.07) is 12.0. The van der Waals surface area contributed by atoms with Gasteiger partial charge in [-0.25, -0.2) is 0 Å². The summed E-state index contributed by atoms with van der Waals surface area (Å²) in [4.78, 5) is 5.38. The van der Waals surface area contributed by atoms with E-state index in [4.69, 9.17) is 4.99 Å². The summed E-state index contributed by atoms with van der Waals surface area (Å²) >= 11 is 0.0563. The number of rotatable bonds is 16. The molecule has 0 atom stereocenters. The van der Waals surface area contributed by atoms with Gasteiger partial charge in [0.15, 0.2) is 0 Å². The summed E-state index contributed by atoms with van der Waals surface area (Å²) in [7, 11) is 0. The molecule has 2 aromatic rings. The molecule has 1 nitrogen and oxygen atoms in total. The fraction of sp³-hybridized carbons (Fsp3) is 0.583. The second-order valence-electron chi connectivity index (χ2n) is 10.5. The maximum atomic E-state index is 5.38. The van der Waals surface area contributed by atoms with Crippen molar-refractivity contribution in [3.63, 3.8) is 0 Å². The Hall–Kier alpha value is -1.66. The van der Waals surface area contributed by atoms with Gasteiger partial charge in [-0.15, -0.1) is 0 Å². The Balaban J connectivity index is 2.66. The Morgan fingerprint density at radius 1 is 0.711 bits per heavy atom. The first kappa shape index (κ1) is 32.6. The molecule has 2 heteroatoms. The van der Waals surface area contributed by atoms with Crippen LogP contribution in [0.4, 0.5) is 5.69 Å². The monoisotopic (exact) mass is 560 g/mol. The Kier molecular flexibility index (Phi) is 14.7. The topological polar surface area (TPSA) is 12.4 Å². The molecule has 0 saturated carbocycles. The third kappa shape index (κ3) is 8.94. The van der Waals surface area contributed by atoms with Gasteiger partial charge in [-0.1, -0.05) is 0 Å². The number of nitrogens with zero attached hydrogens (tertiary/aromatic N) is 1. The molecule has 2 aromatic carbocycles. The zero-order chi connectivity index (χ0) is 28.1. The molecule has 0 aliphatic carbocycles.